The molecule has 0 spiro atoms. The lowest BCUT2D eigenvalue weighted by Crippen LogP contribution is -2.65. The van der Waals surface area contributed by atoms with Gasteiger partial charge in [0.1, 0.15) is 60.7 Å². The van der Waals surface area contributed by atoms with E-state index in [1.165, 1.54) is 6.92 Å². The summed E-state index contributed by atoms with van der Waals surface area (Å²) < 4.78 is 30.7. The summed E-state index contributed by atoms with van der Waals surface area (Å²) in [5.74, 6) is -0.00405. The monoisotopic (exact) mass is 943 g/mol. The lowest BCUT2D eigenvalue weighted by Gasteiger charge is -2.65. The molecule has 2 saturated heterocycles. The van der Waals surface area contributed by atoms with Gasteiger partial charge in [0.25, 0.3) is 0 Å². The maximum Gasteiger partial charge on any atom is 0.187 e. The van der Waals surface area contributed by atoms with Gasteiger partial charge in [0, 0.05) is 29.8 Å². The van der Waals surface area contributed by atoms with Gasteiger partial charge in [0.15, 0.2) is 12.6 Å². The van der Waals surface area contributed by atoms with Crippen molar-refractivity contribution in [1.29, 1.82) is 0 Å². The maximum atomic E-state index is 15.1. The van der Waals surface area contributed by atoms with Crippen molar-refractivity contribution in [3.8, 4) is 0 Å². The van der Waals surface area contributed by atoms with Crippen LogP contribution in [0.3, 0.4) is 0 Å². The van der Waals surface area contributed by atoms with Crippen molar-refractivity contribution in [3.05, 3.63) is 11.6 Å². The molecule has 0 aromatic carbocycles. The third-order valence-electron chi connectivity index (χ3n) is 19.1. The van der Waals surface area contributed by atoms with Crippen LogP contribution in [0.2, 0.25) is 0 Å². The van der Waals surface area contributed by atoms with Crippen molar-refractivity contribution in [3.63, 3.8) is 0 Å². The van der Waals surface area contributed by atoms with E-state index in [0.717, 1.165) is 18.4 Å². The standard InChI is InChI=1S/C49H82O17/c1-22(10-14-31(52)46(5,6)66-28-18-24(20-50)35(55)39(59)36(28)56)25-16-17-47(7)30-13-11-26-27(49(30,9)32(53)19-48(25,47)8)12-15-33(45(26,3)4)64-44-42(40(60)37(57)29(21-51)63-44)65-43-41(61)38(58)34(54)23(2)62-43/h11,22-25,27-31,33-44,50-52,54-61H,10,12-21H2,1-9H3. The van der Waals surface area contributed by atoms with Gasteiger partial charge >= 0.3 is 0 Å². The van der Waals surface area contributed by atoms with Crippen molar-refractivity contribution in [2.75, 3.05) is 13.2 Å². The number of carbonyl (C=O) groups is 1. The van der Waals surface area contributed by atoms with Gasteiger partial charge in [-0.3, -0.25) is 4.79 Å². The summed E-state index contributed by atoms with van der Waals surface area (Å²) in [5, 5.41) is 116. The van der Waals surface area contributed by atoms with Gasteiger partial charge in [-0.05, 0) is 107 Å². The molecule has 0 aromatic heterocycles. The summed E-state index contributed by atoms with van der Waals surface area (Å²) in [7, 11) is 0. The van der Waals surface area contributed by atoms with Crippen LogP contribution in [0.25, 0.3) is 0 Å². The molecule has 2 heterocycles. The number of aliphatic hydroxyl groups is 11. The van der Waals surface area contributed by atoms with Gasteiger partial charge < -0.3 is 79.9 Å². The highest BCUT2D eigenvalue weighted by Gasteiger charge is 2.70. The van der Waals surface area contributed by atoms with Gasteiger partial charge in [0.2, 0.25) is 0 Å². The van der Waals surface area contributed by atoms with Crippen molar-refractivity contribution < 1.29 is 84.7 Å². The molecule has 2 aliphatic heterocycles. The Morgan fingerprint density at radius 2 is 1.44 bits per heavy atom. The fraction of sp³-hybridized carbons (Fsp3) is 0.939. The average molecular weight is 943 g/mol. The SMILES string of the molecule is CC(CCC(O)C(C)(C)OC1CC(CO)C(O)C(O)C1O)C1CCC2(C)C3CC=C4C(CCC(OC5OC(CO)C(O)C(O)C5OC5OC(C)C(O)C(O)C5O)C4(C)C)C3(C)C(=O)CC12C. The number of hydrogen-bond acceptors (Lipinski definition) is 17. The number of ketones is 1. The molecule has 7 aliphatic rings. The molecular formula is C49H82O17. The molecule has 5 aliphatic carbocycles. The minimum atomic E-state index is -1.69. The Bertz CT molecular complexity index is 1740. The van der Waals surface area contributed by atoms with E-state index in [4.69, 9.17) is 23.7 Å². The van der Waals surface area contributed by atoms with Crippen LogP contribution in [0.5, 0.6) is 0 Å². The first-order chi connectivity index (χ1) is 30.7. The van der Waals surface area contributed by atoms with E-state index >= 15 is 4.79 Å². The van der Waals surface area contributed by atoms with E-state index < -0.39 is 127 Å². The van der Waals surface area contributed by atoms with Gasteiger partial charge in [-0.15, -0.1) is 0 Å². The molecular weight excluding hydrogens is 861 g/mol. The van der Waals surface area contributed by atoms with E-state index in [0.29, 0.717) is 38.5 Å². The van der Waals surface area contributed by atoms with Crippen LogP contribution in [-0.2, 0) is 28.5 Å². The molecule has 66 heavy (non-hydrogen) atoms. The number of Topliss-reactive ketones (excluding diaryl/α,β-unsaturated/α-hetero) is 1. The lowest BCUT2D eigenvalue weighted by molar-refractivity contribution is -0.372. The predicted molar refractivity (Wildman–Crippen MR) is 236 cm³/mol. The average Bonchev–Trinajstić information content (AvgIpc) is 3.53. The minimum absolute atomic E-state index is 0.0642. The molecule has 0 bridgehead atoms. The van der Waals surface area contributed by atoms with E-state index in [-0.39, 0.29) is 53.3 Å². The fourth-order valence-electron chi connectivity index (χ4n) is 14.4. The van der Waals surface area contributed by atoms with Gasteiger partial charge in [0.05, 0.1) is 42.7 Å². The number of carbonyl (C=O) groups excluding carboxylic acids is 1. The van der Waals surface area contributed by atoms with Crippen LogP contribution in [0.15, 0.2) is 11.6 Å². The highest BCUT2D eigenvalue weighted by atomic mass is 16.8. The van der Waals surface area contributed by atoms with Crippen LogP contribution >= 0.6 is 0 Å². The fourth-order valence-corrected chi connectivity index (χ4v) is 14.4. The topological polar surface area (TPSA) is 286 Å². The van der Waals surface area contributed by atoms with Crippen molar-refractivity contribution in [2.45, 2.75) is 224 Å². The summed E-state index contributed by atoms with van der Waals surface area (Å²) in [6, 6.07) is 0. The molecule has 6 fully saturated rings. The first-order valence-electron chi connectivity index (χ1n) is 24.6. The van der Waals surface area contributed by atoms with E-state index in [1.54, 1.807) is 13.8 Å². The largest absolute Gasteiger partial charge is 0.396 e. The van der Waals surface area contributed by atoms with Gasteiger partial charge in [-0.2, -0.15) is 0 Å². The van der Waals surface area contributed by atoms with Crippen LogP contribution in [0, 0.1) is 51.2 Å². The predicted octanol–water partition coefficient (Wildman–Crippen LogP) is 0.843. The zero-order chi connectivity index (χ0) is 48.8. The molecule has 0 radical (unpaired) electrons. The Morgan fingerprint density at radius 1 is 0.773 bits per heavy atom. The highest BCUT2D eigenvalue weighted by molar-refractivity contribution is 5.88. The molecule has 0 aromatic rings. The quantitative estimate of drug-likeness (QED) is 0.114. The smallest absolute Gasteiger partial charge is 0.187 e. The Labute approximate surface area is 389 Å². The van der Waals surface area contributed by atoms with Crippen LogP contribution in [-0.4, -0.2) is 179 Å². The number of allylic oxidation sites excluding steroid dienone is 1. The summed E-state index contributed by atoms with van der Waals surface area (Å²) in [6.45, 7) is 17.2. The number of hydrogen-bond donors (Lipinski definition) is 11. The van der Waals surface area contributed by atoms with Gasteiger partial charge in [-0.25, -0.2) is 0 Å². The van der Waals surface area contributed by atoms with Gasteiger partial charge in [-0.1, -0.05) is 53.2 Å². The minimum Gasteiger partial charge on any atom is -0.396 e. The maximum absolute atomic E-state index is 15.1. The van der Waals surface area contributed by atoms with Crippen LogP contribution in [0.1, 0.15) is 120 Å². The molecule has 7 rings (SSSR count). The third kappa shape index (κ3) is 8.61. The molecule has 24 unspecified atom stereocenters. The zero-order valence-electron chi connectivity index (χ0n) is 40.3. The first-order valence-corrected chi connectivity index (χ1v) is 24.6. The number of ether oxygens (including phenoxy) is 5. The highest BCUT2D eigenvalue weighted by Crippen LogP contribution is 2.74. The molecule has 4 saturated carbocycles. The molecule has 380 valence electrons. The summed E-state index contributed by atoms with van der Waals surface area (Å²) >= 11 is 0. The Balaban J connectivity index is 1.05. The van der Waals surface area contributed by atoms with Crippen LogP contribution < -0.4 is 0 Å². The van der Waals surface area contributed by atoms with Crippen molar-refractivity contribution in [2.24, 2.45) is 51.2 Å². The Morgan fingerprint density at radius 3 is 2.09 bits per heavy atom. The second kappa shape index (κ2) is 19.1. The van der Waals surface area contributed by atoms with E-state index in [2.05, 4.69) is 47.6 Å². The Hall–Kier alpha value is -1.23. The Kier molecular flexibility index (Phi) is 15.2. The third-order valence-corrected chi connectivity index (χ3v) is 19.1. The molecule has 17 heteroatoms. The number of fused-ring (bicyclic) bond motifs is 5. The van der Waals surface area contributed by atoms with Crippen molar-refractivity contribution in [1.82, 2.24) is 0 Å². The second-order valence-corrected chi connectivity index (χ2v) is 23.3. The molecule has 17 nitrogen and oxygen atoms in total. The normalized spacial score (nSPS) is 50.5. The van der Waals surface area contributed by atoms with E-state index in [9.17, 15) is 56.2 Å². The second-order valence-electron chi connectivity index (χ2n) is 23.3. The zero-order valence-corrected chi connectivity index (χ0v) is 40.3. The summed E-state index contributed by atoms with van der Waals surface area (Å²) in [5.41, 5.74) is -1.73. The van der Waals surface area contributed by atoms with Crippen LogP contribution in [0.4, 0.5) is 0 Å². The van der Waals surface area contributed by atoms with Crippen molar-refractivity contribution >= 4 is 5.78 Å². The number of rotatable bonds is 13. The van der Waals surface area contributed by atoms with E-state index in [1.807, 2.05) is 0 Å². The number of aliphatic hydroxyl groups excluding tert-OH is 11. The first kappa shape index (κ1) is 52.6. The molecule has 24 atom stereocenters. The molecule has 0 amide bonds. The summed E-state index contributed by atoms with van der Waals surface area (Å²) in [4.78, 5) is 15.1. The molecule has 11 N–H and O–H groups in total. The lowest BCUT2D eigenvalue weighted by atomic mass is 9.38. The summed E-state index contributed by atoms with van der Waals surface area (Å²) in [6.07, 6.45) is -13.0.